The van der Waals surface area contributed by atoms with E-state index < -0.39 is 0 Å². The van der Waals surface area contributed by atoms with E-state index in [2.05, 4.69) is 5.16 Å². The molecule has 6 nitrogen and oxygen atoms in total. The first-order valence-corrected chi connectivity index (χ1v) is 6.69. The van der Waals surface area contributed by atoms with Gasteiger partial charge in [0, 0.05) is 18.5 Å². The summed E-state index contributed by atoms with van der Waals surface area (Å²) in [5, 5.41) is 13.0. The van der Waals surface area contributed by atoms with Crippen LogP contribution in [0, 0.1) is 0 Å². The van der Waals surface area contributed by atoms with E-state index in [1.807, 2.05) is 6.92 Å². The number of carbonyl (C=O) groups is 1. The highest BCUT2D eigenvalue weighted by atomic mass is 16.5. The molecule has 0 bridgehead atoms. The normalized spacial score (nSPS) is 27.6. The summed E-state index contributed by atoms with van der Waals surface area (Å²) in [7, 11) is 0. The molecule has 19 heavy (non-hydrogen) atoms. The number of aromatic nitrogens is 1. The van der Waals surface area contributed by atoms with Crippen LogP contribution in [0.3, 0.4) is 0 Å². The van der Waals surface area contributed by atoms with Gasteiger partial charge >= 0.3 is 0 Å². The minimum atomic E-state index is -0.310. The number of rotatable bonds is 3. The maximum atomic E-state index is 12.4. The molecule has 2 atom stereocenters. The third-order valence-electron chi connectivity index (χ3n) is 3.70. The fourth-order valence-corrected chi connectivity index (χ4v) is 2.31. The van der Waals surface area contributed by atoms with Crippen molar-refractivity contribution in [3.8, 4) is 0 Å². The van der Waals surface area contributed by atoms with Crippen molar-refractivity contribution >= 4 is 5.91 Å². The minimum Gasteiger partial charge on any atom is -0.394 e. The highest BCUT2D eigenvalue weighted by Crippen LogP contribution is 2.40. The Kier molecular flexibility index (Phi) is 3.28. The molecule has 1 aromatic rings. The quantitative estimate of drug-likeness (QED) is 0.874. The van der Waals surface area contributed by atoms with Crippen molar-refractivity contribution in [1.29, 1.82) is 0 Å². The van der Waals surface area contributed by atoms with Gasteiger partial charge in [0.05, 0.1) is 25.4 Å². The van der Waals surface area contributed by atoms with Gasteiger partial charge < -0.3 is 19.3 Å². The molecule has 2 fully saturated rings. The Morgan fingerprint density at radius 2 is 2.37 bits per heavy atom. The highest BCUT2D eigenvalue weighted by molar-refractivity contribution is 5.92. The van der Waals surface area contributed by atoms with Crippen LogP contribution in [-0.2, 0) is 4.74 Å². The van der Waals surface area contributed by atoms with E-state index in [1.165, 1.54) is 0 Å². The van der Waals surface area contributed by atoms with Crippen LogP contribution in [0.1, 0.15) is 41.9 Å². The molecule has 6 heteroatoms. The van der Waals surface area contributed by atoms with Gasteiger partial charge in [-0.05, 0) is 19.8 Å². The van der Waals surface area contributed by atoms with Crippen molar-refractivity contribution in [2.24, 2.45) is 0 Å². The van der Waals surface area contributed by atoms with E-state index in [4.69, 9.17) is 14.4 Å². The van der Waals surface area contributed by atoms with Gasteiger partial charge in [0.15, 0.2) is 5.69 Å². The van der Waals surface area contributed by atoms with Crippen molar-refractivity contribution in [3.05, 3.63) is 17.5 Å². The van der Waals surface area contributed by atoms with Crippen LogP contribution >= 0.6 is 0 Å². The van der Waals surface area contributed by atoms with Gasteiger partial charge in [-0.3, -0.25) is 4.79 Å². The molecule has 0 spiro atoms. The predicted octanol–water partition coefficient (Wildman–Crippen LogP) is 0.774. The maximum absolute atomic E-state index is 12.4. The Morgan fingerprint density at radius 3 is 3.05 bits per heavy atom. The third-order valence-corrected chi connectivity index (χ3v) is 3.70. The Balaban J connectivity index is 1.73. The number of morpholine rings is 1. The second-order valence-electron chi connectivity index (χ2n) is 5.33. The summed E-state index contributed by atoms with van der Waals surface area (Å²) >= 11 is 0. The van der Waals surface area contributed by atoms with Gasteiger partial charge in [-0.25, -0.2) is 0 Å². The highest BCUT2D eigenvalue weighted by Gasteiger charge is 2.33. The smallest absolute Gasteiger partial charge is 0.276 e. The van der Waals surface area contributed by atoms with Gasteiger partial charge in [-0.15, -0.1) is 0 Å². The van der Waals surface area contributed by atoms with E-state index in [9.17, 15) is 4.79 Å². The van der Waals surface area contributed by atoms with Gasteiger partial charge in [-0.1, -0.05) is 5.16 Å². The molecule has 1 aliphatic carbocycles. The zero-order valence-corrected chi connectivity index (χ0v) is 10.9. The molecule has 2 heterocycles. The van der Waals surface area contributed by atoms with Crippen LogP contribution in [-0.4, -0.2) is 53.0 Å². The average Bonchev–Trinajstić information content (AvgIpc) is 3.16. The van der Waals surface area contributed by atoms with Crippen LogP contribution in [0.4, 0.5) is 0 Å². The molecule has 104 valence electrons. The van der Waals surface area contributed by atoms with Crippen LogP contribution < -0.4 is 0 Å². The van der Waals surface area contributed by atoms with E-state index in [0.29, 0.717) is 24.8 Å². The van der Waals surface area contributed by atoms with Crippen LogP contribution in [0.5, 0.6) is 0 Å². The first-order chi connectivity index (χ1) is 9.19. The van der Waals surface area contributed by atoms with E-state index in [-0.39, 0.29) is 24.7 Å². The lowest BCUT2D eigenvalue weighted by atomic mass is 10.1. The van der Waals surface area contributed by atoms with Crippen molar-refractivity contribution in [1.82, 2.24) is 10.1 Å². The molecule has 0 radical (unpaired) electrons. The monoisotopic (exact) mass is 266 g/mol. The molecule has 3 rings (SSSR count). The largest absolute Gasteiger partial charge is 0.394 e. The van der Waals surface area contributed by atoms with Crippen molar-refractivity contribution in [3.63, 3.8) is 0 Å². The molecular formula is C13H18N2O4. The van der Waals surface area contributed by atoms with Crippen LogP contribution in [0.25, 0.3) is 0 Å². The van der Waals surface area contributed by atoms with Crippen molar-refractivity contribution in [2.45, 2.75) is 37.8 Å². The second kappa shape index (κ2) is 4.94. The number of hydrogen-bond acceptors (Lipinski definition) is 5. The number of aliphatic hydroxyl groups is 1. The zero-order valence-electron chi connectivity index (χ0n) is 10.9. The summed E-state index contributed by atoms with van der Waals surface area (Å²) in [5.74, 6) is 1.11. The molecule has 0 aromatic carbocycles. The molecule has 2 unspecified atom stereocenters. The van der Waals surface area contributed by atoms with Gasteiger partial charge in [0.1, 0.15) is 5.76 Å². The number of ether oxygens (including phenoxy) is 1. The fourth-order valence-electron chi connectivity index (χ4n) is 2.31. The van der Waals surface area contributed by atoms with Gasteiger partial charge in [0.2, 0.25) is 0 Å². The van der Waals surface area contributed by atoms with Crippen LogP contribution in [0.15, 0.2) is 10.6 Å². The number of amides is 1. The molecule has 1 amide bonds. The average molecular weight is 266 g/mol. The number of aliphatic hydroxyl groups excluding tert-OH is 1. The SMILES string of the molecule is CC1COC(CO)CN1C(=O)c1cc(C2CC2)on1. The summed E-state index contributed by atoms with van der Waals surface area (Å²) in [6.45, 7) is 2.67. The lowest BCUT2D eigenvalue weighted by molar-refractivity contribution is -0.0669. The molecule has 1 saturated heterocycles. The van der Waals surface area contributed by atoms with Crippen molar-refractivity contribution < 1.29 is 19.2 Å². The molecule has 1 saturated carbocycles. The fraction of sp³-hybridized carbons (Fsp3) is 0.692. The molecule has 1 N–H and O–H groups in total. The summed E-state index contributed by atoms with van der Waals surface area (Å²) in [4.78, 5) is 14.1. The summed E-state index contributed by atoms with van der Waals surface area (Å²) < 4.78 is 10.6. The number of hydrogen-bond donors (Lipinski definition) is 1. The molecule has 2 aliphatic rings. The topological polar surface area (TPSA) is 75.8 Å². The summed E-state index contributed by atoms with van der Waals surface area (Å²) in [6.07, 6.45) is 1.92. The van der Waals surface area contributed by atoms with Gasteiger partial charge in [-0.2, -0.15) is 0 Å². The van der Waals surface area contributed by atoms with Gasteiger partial charge in [0.25, 0.3) is 5.91 Å². The minimum absolute atomic E-state index is 0.0172. The lowest BCUT2D eigenvalue weighted by Crippen LogP contribution is -2.52. The third kappa shape index (κ3) is 2.50. The Labute approximate surface area is 111 Å². The lowest BCUT2D eigenvalue weighted by Gasteiger charge is -2.36. The van der Waals surface area contributed by atoms with E-state index >= 15 is 0 Å². The Morgan fingerprint density at radius 1 is 1.58 bits per heavy atom. The first-order valence-electron chi connectivity index (χ1n) is 6.69. The Bertz CT molecular complexity index is 469. The maximum Gasteiger partial charge on any atom is 0.276 e. The zero-order chi connectivity index (χ0) is 13.4. The molecule has 1 aromatic heterocycles. The standard InChI is InChI=1S/C13H18N2O4/c1-8-7-18-10(6-16)5-15(8)13(17)11-4-12(19-14-11)9-2-3-9/h4,8-10,16H,2-3,5-7H2,1H3. The van der Waals surface area contributed by atoms with Crippen molar-refractivity contribution in [2.75, 3.05) is 19.8 Å². The Hall–Kier alpha value is -1.40. The summed E-state index contributed by atoms with van der Waals surface area (Å²) in [6, 6.07) is 1.73. The predicted molar refractivity (Wildman–Crippen MR) is 65.8 cm³/mol. The molecular weight excluding hydrogens is 248 g/mol. The van der Waals surface area contributed by atoms with E-state index in [0.717, 1.165) is 18.6 Å². The first kappa shape index (κ1) is 12.6. The number of carbonyl (C=O) groups excluding carboxylic acids is 1. The van der Waals surface area contributed by atoms with Crippen LogP contribution in [0.2, 0.25) is 0 Å². The second-order valence-corrected chi connectivity index (χ2v) is 5.33. The summed E-state index contributed by atoms with van der Waals surface area (Å²) in [5.41, 5.74) is 0.354. The number of nitrogens with zero attached hydrogens (tertiary/aromatic N) is 2. The molecule has 1 aliphatic heterocycles. The van der Waals surface area contributed by atoms with E-state index in [1.54, 1.807) is 11.0 Å².